The molecule has 2 aromatic carbocycles. The number of hydrazone groups is 1. The van der Waals surface area contributed by atoms with Crippen molar-refractivity contribution in [2.24, 2.45) is 5.10 Å². The van der Waals surface area contributed by atoms with Crippen LogP contribution >= 0.6 is 23.2 Å². The Bertz CT molecular complexity index is 1500. The lowest BCUT2D eigenvalue weighted by atomic mass is 9.93. The first-order valence-corrected chi connectivity index (χ1v) is 11.8. The molecular formula is C26H20Cl2N4O3. The van der Waals surface area contributed by atoms with Crippen molar-refractivity contribution in [3.8, 4) is 0 Å². The summed E-state index contributed by atoms with van der Waals surface area (Å²) in [5.74, 6) is 0.0909. The lowest BCUT2D eigenvalue weighted by Gasteiger charge is -2.13. The third kappa shape index (κ3) is 4.52. The molecule has 9 heteroatoms. The average Bonchev–Trinajstić information content (AvgIpc) is 3.20. The first kappa shape index (κ1) is 23.1. The monoisotopic (exact) mass is 506 g/mol. The largest absolute Gasteiger partial charge is 0.455 e. The highest BCUT2D eigenvalue weighted by Crippen LogP contribution is 2.31. The molecule has 0 saturated heterocycles. The Hall–Kier alpha value is -3.68. The molecule has 2 amide bonds. The summed E-state index contributed by atoms with van der Waals surface area (Å²) in [6, 6.07) is 13.9. The van der Waals surface area contributed by atoms with Gasteiger partial charge in [0.25, 0.3) is 11.8 Å². The van der Waals surface area contributed by atoms with Gasteiger partial charge in [-0.1, -0.05) is 29.3 Å². The summed E-state index contributed by atoms with van der Waals surface area (Å²) in [6.07, 6.45) is 3.81. The molecule has 5 rings (SSSR count). The molecule has 0 atom stereocenters. The number of hydrogen-bond acceptors (Lipinski definition) is 5. The Morgan fingerprint density at radius 2 is 1.91 bits per heavy atom. The van der Waals surface area contributed by atoms with Crippen molar-refractivity contribution in [3.63, 3.8) is 0 Å². The summed E-state index contributed by atoms with van der Waals surface area (Å²) >= 11 is 12.0. The van der Waals surface area contributed by atoms with E-state index in [2.05, 4.69) is 20.8 Å². The van der Waals surface area contributed by atoms with Crippen molar-refractivity contribution < 1.29 is 14.0 Å². The molecule has 0 unspecified atom stereocenters. The first-order valence-electron chi connectivity index (χ1n) is 11.0. The van der Waals surface area contributed by atoms with Crippen LogP contribution in [-0.4, -0.2) is 22.5 Å². The number of fused-ring (bicyclic) bond motifs is 2. The van der Waals surface area contributed by atoms with Crippen LogP contribution in [0.15, 0.2) is 64.2 Å². The number of carbonyl (C=O) groups is 2. The predicted molar refractivity (Wildman–Crippen MR) is 137 cm³/mol. The van der Waals surface area contributed by atoms with Gasteiger partial charge in [0.05, 0.1) is 27.5 Å². The molecule has 7 nitrogen and oxygen atoms in total. The van der Waals surface area contributed by atoms with Gasteiger partial charge in [-0.2, -0.15) is 5.10 Å². The maximum Gasteiger partial charge on any atom is 0.291 e. The van der Waals surface area contributed by atoms with Gasteiger partial charge in [0.1, 0.15) is 5.76 Å². The van der Waals surface area contributed by atoms with Gasteiger partial charge in [-0.3, -0.25) is 14.6 Å². The minimum atomic E-state index is -0.449. The molecule has 0 saturated carbocycles. The van der Waals surface area contributed by atoms with E-state index in [1.165, 1.54) is 6.07 Å². The predicted octanol–water partition coefficient (Wildman–Crippen LogP) is 6.17. The molecule has 0 bridgehead atoms. The first-order chi connectivity index (χ1) is 16.9. The SMILES string of the molecule is Cc1c(C(=O)Nc2cccc3ncccc23)oc2c1/C(=N/NC(=O)c1ccc(Cl)cc1Cl)CCC2. The van der Waals surface area contributed by atoms with Gasteiger partial charge in [0.2, 0.25) is 0 Å². The minimum Gasteiger partial charge on any atom is -0.455 e. The summed E-state index contributed by atoms with van der Waals surface area (Å²) in [4.78, 5) is 30.1. The molecule has 0 aliphatic heterocycles. The molecule has 0 radical (unpaired) electrons. The Morgan fingerprint density at radius 3 is 2.74 bits per heavy atom. The number of hydrogen-bond donors (Lipinski definition) is 2. The summed E-state index contributed by atoms with van der Waals surface area (Å²) in [7, 11) is 0. The molecule has 2 aromatic heterocycles. The van der Waals surface area contributed by atoms with Crippen LogP contribution in [0.4, 0.5) is 5.69 Å². The zero-order valence-electron chi connectivity index (χ0n) is 18.7. The van der Waals surface area contributed by atoms with Gasteiger partial charge in [0.15, 0.2) is 5.76 Å². The van der Waals surface area contributed by atoms with E-state index < -0.39 is 5.91 Å². The van der Waals surface area contributed by atoms with Gasteiger partial charge < -0.3 is 9.73 Å². The normalized spacial score (nSPS) is 14.1. The molecule has 4 aromatic rings. The topological polar surface area (TPSA) is 96.6 Å². The van der Waals surface area contributed by atoms with Crippen molar-refractivity contribution in [3.05, 3.63) is 93.0 Å². The van der Waals surface area contributed by atoms with Crippen molar-refractivity contribution in [1.29, 1.82) is 0 Å². The number of halogens is 2. The van der Waals surface area contributed by atoms with E-state index in [0.29, 0.717) is 40.6 Å². The fraction of sp³-hybridized carbons (Fsp3) is 0.154. The second kappa shape index (κ2) is 9.52. The zero-order valence-corrected chi connectivity index (χ0v) is 20.2. The Balaban J connectivity index is 1.41. The minimum absolute atomic E-state index is 0.220. The van der Waals surface area contributed by atoms with Crippen LogP contribution in [0.3, 0.4) is 0 Å². The molecule has 35 heavy (non-hydrogen) atoms. The number of anilines is 1. The molecular weight excluding hydrogens is 487 g/mol. The number of benzene rings is 2. The Morgan fingerprint density at radius 1 is 1.06 bits per heavy atom. The van der Waals surface area contributed by atoms with Crippen LogP contribution in [0, 0.1) is 6.92 Å². The molecule has 1 aliphatic carbocycles. The number of nitrogens with one attached hydrogen (secondary N) is 2. The van der Waals surface area contributed by atoms with Crippen LogP contribution in [-0.2, 0) is 6.42 Å². The number of rotatable bonds is 4. The third-order valence-corrected chi connectivity index (χ3v) is 6.44. The van der Waals surface area contributed by atoms with Gasteiger partial charge in [-0.15, -0.1) is 0 Å². The molecule has 0 fully saturated rings. The molecule has 2 N–H and O–H groups in total. The van der Waals surface area contributed by atoms with E-state index in [4.69, 9.17) is 27.6 Å². The zero-order chi connectivity index (χ0) is 24.5. The van der Waals surface area contributed by atoms with Gasteiger partial charge in [0, 0.05) is 34.2 Å². The van der Waals surface area contributed by atoms with E-state index >= 15 is 0 Å². The average molecular weight is 507 g/mol. The van der Waals surface area contributed by atoms with E-state index in [9.17, 15) is 9.59 Å². The third-order valence-electron chi connectivity index (χ3n) is 5.89. The molecule has 0 spiro atoms. The van der Waals surface area contributed by atoms with Crippen LogP contribution in [0.2, 0.25) is 10.0 Å². The maximum absolute atomic E-state index is 13.2. The van der Waals surface area contributed by atoms with E-state index in [0.717, 1.165) is 22.9 Å². The number of aromatic nitrogens is 1. The number of furan rings is 1. The van der Waals surface area contributed by atoms with E-state index in [1.54, 1.807) is 18.3 Å². The lowest BCUT2D eigenvalue weighted by molar-refractivity contribution is 0.0953. The number of carbonyl (C=O) groups excluding carboxylic acids is 2. The fourth-order valence-corrected chi connectivity index (χ4v) is 4.73. The summed E-state index contributed by atoms with van der Waals surface area (Å²) in [5, 5.41) is 8.80. The quantitative estimate of drug-likeness (QED) is 0.323. The number of pyridine rings is 1. The van der Waals surface area contributed by atoms with Crippen LogP contribution < -0.4 is 10.7 Å². The Labute approximate surface area is 211 Å². The van der Waals surface area contributed by atoms with Crippen LogP contribution in [0.5, 0.6) is 0 Å². The second-order valence-corrected chi connectivity index (χ2v) is 9.00. The van der Waals surface area contributed by atoms with Crippen molar-refractivity contribution in [2.45, 2.75) is 26.2 Å². The number of amides is 2. The fourth-order valence-electron chi connectivity index (χ4n) is 4.24. The van der Waals surface area contributed by atoms with Gasteiger partial charge in [-0.25, -0.2) is 5.43 Å². The molecule has 1 aliphatic rings. The molecule has 176 valence electrons. The number of aryl methyl sites for hydroxylation is 1. The summed E-state index contributed by atoms with van der Waals surface area (Å²) < 4.78 is 5.98. The summed E-state index contributed by atoms with van der Waals surface area (Å²) in [6.45, 7) is 1.82. The van der Waals surface area contributed by atoms with Crippen LogP contribution in [0.25, 0.3) is 10.9 Å². The van der Waals surface area contributed by atoms with Crippen LogP contribution in [0.1, 0.15) is 50.6 Å². The maximum atomic E-state index is 13.2. The van der Waals surface area contributed by atoms with Gasteiger partial charge in [-0.05, 0) is 62.2 Å². The second-order valence-electron chi connectivity index (χ2n) is 8.16. The lowest BCUT2D eigenvalue weighted by Crippen LogP contribution is -2.22. The van der Waals surface area contributed by atoms with Crippen molar-refractivity contribution >= 4 is 57.3 Å². The highest BCUT2D eigenvalue weighted by molar-refractivity contribution is 6.36. The van der Waals surface area contributed by atoms with E-state index in [-0.39, 0.29) is 22.3 Å². The smallest absolute Gasteiger partial charge is 0.291 e. The van der Waals surface area contributed by atoms with E-state index in [1.807, 2.05) is 37.3 Å². The Kier molecular flexibility index (Phi) is 6.28. The molecule has 2 heterocycles. The summed E-state index contributed by atoms with van der Waals surface area (Å²) in [5.41, 5.74) is 6.35. The highest BCUT2D eigenvalue weighted by atomic mass is 35.5. The standard InChI is InChI=1S/C26H20Cl2N4O3/c1-14-23-21(31-32-25(33)16-11-10-15(27)13-18(16)28)8-3-9-22(23)35-24(14)26(34)30-20-7-2-6-19-17(20)5-4-12-29-19/h2,4-7,10-13H,3,8-9H2,1H3,(H,30,34)(H,32,33)/b31-21+. The van der Waals surface area contributed by atoms with Crippen molar-refractivity contribution in [2.75, 3.05) is 5.32 Å². The van der Waals surface area contributed by atoms with Gasteiger partial charge >= 0.3 is 0 Å². The number of nitrogens with zero attached hydrogens (tertiary/aromatic N) is 2. The van der Waals surface area contributed by atoms with Crippen molar-refractivity contribution in [1.82, 2.24) is 10.4 Å². The highest BCUT2D eigenvalue weighted by Gasteiger charge is 2.28.